The Labute approximate surface area is 448 Å². The molecule has 6 nitrogen and oxygen atoms in total. The van der Waals surface area contributed by atoms with Crippen LogP contribution < -0.4 is 0 Å². The second-order valence-corrected chi connectivity index (χ2v) is 18.8. The Bertz CT molecular complexity index is 1630. The van der Waals surface area contributed by atoms with Gasteiger partial charge in [0.2, 0.25) is 0 Å². The Hall–Kier alpha value is -4.71. The minimum absolute atomic E-state index is 0.122. The standard InChI is InChI=1S/C67H106O6/c1-4-7-10-13-16-19-22-25-28-30-31-32-33-34-35-37-39-42-45-48-51-54-57-60-66(69)72-63-64(62-71-65(68)59-56-53-50-47-44-41-38-27-24-21-18-15-12-9-6-3)73-67(70)61-58-55-52-49-46-43-40-36-29-26-23-20-17-14-11-8-5-2/h7-8,10-11,16-17,19-20,25-26,28-29,31-32,34-35,39-40,42-43,48-49,51-52,64H,4-6,9,12-15,18,21-24,27,30,33,36-38,41,44-47,50,53-63H2,1-3H3/b10-7-,11-8-,19-16-,20-17-,28-25-,29-26-,32-31-,35-34-,42-39-,43-40-,51-48-,52-49-. The van der Waals surface area contributed by atoms with Crippen molar-refractivity contribution in [3.63, 3.8) is 0 Å². The fraction of sp³-hybridized carbons (Fsp3) is 0.597. The molecule has 0 spiro atoms. The third kappa shape index (κ3) is 58.1. The van der Waals surface area contributed by atoms with Crippen LogP contribution in [0.2, 0.25) is 0 Å². The molecule has 410 valence electrons. The van der Waals surface area contributed by atoms with Crippen molar-refractivity contribution in [1.82, 2.24) is 0 Å². The first-order chi connectivity index (χ1) is 36.0. The van der Waals surface area contributed by atoms with E-state index >= 15 is 0 Å². The van der Waals surface area contributed by atoms with Gasteiger partial charge in [0.05, 0.1) is 0 Å². The summed E-state index contributed by atoms with van der Waals surface area (Å²) < 4.78 is 16.8. The largest absolute Gasteiger partial charge is 0.462 e. The van der Waals surface area contributed by atoms with E-state index in [1.165, 1.54) is 77.0 Å². The summed E-state index contributed by atoms with van der Waals surface area (Å²) in [6.07, 6.45) is 85.6. The van der Waals surface area contributed by atoms with Crippen molar-refractivity contribution < 1.29 is 28.6 Å². The molecule has 0 amide bonds. The highest BCUT2D eigenvalue weighted by atomic mass is 16.6. The summed E-state index contributed by atoms with van der Waals surface area (Å²) in [4.78, 5) is 38.2. The van der Waals surface area contributed by atoms with Gasteiger partial charge >= 0.3 is 17.9 Å². The molecule has 6 heteroatoms. The van der Waals surface area contributed by atoms with Gasteiger partial charge < -0.3 is 14.2 Å². The predicted octanol–water partition coefficient (Wildman–Crippen LogP) is 20.0. The lowest BCUT2D eigenvalue weighted by molar-refractivity contribution is -0.167. The lowest BCUT2D eigenvalue weighted by Gasteiger charge is -2.18. The molecule has 0 aromatic heterocycles. The summed E-state index contributed by atoms with van der Waals surface area (Å²) in [6.45, 7) is 6.31. The minimum atomic E-state index is -0.837. The fourth-order valence-corrected chi connectivity index (χ4v) is 7.53. The number of hydrogen-bond acceptors (Lipinski definition) is 6. The molecule has 0 fully saturated rings. The summed E-state index contributed by atoms with van der Waals surface area (Å²) in [5, 5.41) is 0. The van der Waals surface area contributed by atoms with E-state index in [-0.39, 0.29) is 44.0 Å². The van der Waals surface area contributed by atoms with E-state index in [1.54, 1.807) is 0 Å². The van der Waals surface area contributed by atoms with Gasteiger partial charge in [0.1, 0.15) is 13.2 Å². The van der Waals surface area contributed by atoms with Crippen molar-refractivity contribution in [2.45, 2.75) is 245 Å². The highest BCUT2D eigenvalue weighted by Gasteiger charge is 2.19. The number of allylic oxidation sites excluding steroid dienone is 24. The molecule has 0 aliphatic carbocycles. The normalized spacial score (nSPS) is 13.2. The molecule has 0 bridgehead atoms. The average Bonchev–Trinajstić information content (AvgIpc) is 3.39. The lowest BCUT2D eigenvalue weighted by atomic mass is 10.0. The molecule has 0 saturated heterocycles. The highest BCUT2D eigenvalue weighted by molar-refractivity contribution is 5.71. The van der Waals surface area contributed by atoms with Crippen LogP contribution in [0.15, 0.2) is 146 Å². The van der Waals surface area contributed by atoms with Crippen molar-refractivity contribution >= 4 is 17.9 Å². The van der Waals surface area contributed by atoms with Gasteiger partial charge in [0.15, 0.2) is 6.10 Å². The lowest BCUT2D eigenvalue weighted by Crippen LogP contribution is -2.30. The van der Waals surface area contributed by atoms with Gasteiger partial charge in [-0.2, -0.15) is 0 Å². The van der Waals surface area contributed by atoms with Crippen molar-refractivity contribution in [3.05, 3.63) is 146 Å². The summed E-state index contributed by atoms with van der Waals surface area (Å²) >= 11 is 0. The number of carbonyl (C=O) groups excluding carboxylic acids is 3. The van der Waals surface area contributed by atoms with Gasteiger partial charge in [-0.05, 0) is 109 Å². The van der Waals surface area contributed by atoms with Crippen LogP contribution in [0.3, 0.4) is 0 Å². The molecule has 0 aromatic carbocycles. The van der Waals surface area contributed by atoms with Gasteiger partial charge in [-0.1, -0.05) is 256 Å². The van der Waals surface area contributed by atoms with E-state index in [2.05, 4.69) is 167 Å². The van der Waals surface area contributed by atoms with Crippen LogP contribution in [-0.4, -0.2) is 37.2 Å². The molecular weight excluding hydrogens is 901 g/mol. The minimum Gasteiger partial charge on any atom is -0.462 e. The number of rotatable bonds is 51. The second kappa shape index (κ2) is 59.8. The summed E-state index contributed by atoms with van der Waals surface area (Å²) in [5.74, 6) is -1.05. The van der Waals surface area contributed by atoms with Gasteiger partial charge in [0.25, 0.3) is 0 Å². The molecule has 73 heavy (non-hydrogen) atoms. The zero-order valence-electron chi connectivity index (χ0n) is 46.8. The first kappa shape index (κ1) is 68.3. The molecule has 0 heterocycles. The third-order valence-corrected chi connectivity index (χ3v) is 11.8. The van der Waals surface area contributed by atoms with E-state index in [0.29, 0.717) is 19.3 Å². The molecule has 1 unspecified atom stereocenters. The van der Waals surface area contributed by atoms with Crippen LogP contribution >= 0.6 is 0 Å². The molecule has 0 saturated carbocycles. The monoisotopic (exact) mass is 1010 g/mol. The molecule has 0 N–H and O–H groups in total. The van der Waals surface area contributed by atoms with Crippen molar-refractivity contribution in [2.24, 2.45) is 0 Å². The van der Waals surface area contributed by atoms with E-state index in [1.807, 2.05) is 0 Å². The number of esters is 3. The van der Waals surface area contributed by atoms with Crippen molar-refractivity contribution in [2.75, 3.05) is 13.2 Å². The van der Waals surface area contributed by atoms with E-state index in [0.717, 1.165) is 109 Å². The molecule has 0 radical (unpaired) electrons. The third-order valence-electron chi connectivity index (χ3n) is 11.8. The Morgan fingerprint density at radius 2 is 0.534 bits per heavy atom. The summed E-state index contributed by atoms with van der Waals surface area (Å²) in [7, 11) is 0. The van der Waals surface area contributed by atoms with Crippen molar-refractivity contribution in [1.29, 1.82) is 0 Å². The maximum absolute atomic E-state index is 12.8. The molecule has 1 atom stereocenters. The predicted molar refractivity (Wildman–Crippen MR) is 315 cm³/mol. The Balaban J connectivity index is 4.57. The van der Waals surface area contributed by atoms with Crippen LogP contribution in [0.1, 0.15) is 239 Å². The number of unbranched alkanes of at least 4 members (excludes halogenated alkanes) is 16. The zero-order chi connectivity index (χ0) is 52.9. The Kier molecular flexibility index (Phi) is 56.0. The zero-order valence-corrected chi connectivity index (χ0v) is 46.8. The van der Waals surface area contributed by atoms with Gasteiger partial charge in [-0.3, -0.25) is 14.4 Å². The SMILES string of the molecule is CC/C=C\C/C=C\C/C=C\C/C=C\C/C=C\C/C=C\C/C=C\CCCC(=O)OCC(COC(=O)CCCCCCCCCCCCCCCCC)OC(=O)CCC/C=C\C/C=C\C/C=C\C/C=C\C/C=C\CC. The van der Waals surface area contributed by atoms with Crippen molar-refractivity contribution in [3.8, 4) is 0 Å². The van der Waals surface area contributed by atoms with Crippen LogP contribution in [0.4, 0.5) is 0 Å². The van der Waals surface area contributed by atoms with Crippen LogP contribution in [0.25, 0.3) is 0 Å². The fourth-order valence-electron chi connectivity index (χ4n) is 7.53. The smallest absolute Gasteiger partial charge is 0.306 e. The first-order valence-corrected chi connectivity index (χ1v) is 29.3. The Morgan fingerprint density at radius 3 is 0.836 bits per heavy atom. The summed E-state index contributed by atoms with van der Waals surface area (Å²) in [6, 6.07) is 0. The number of hydrogen-bond donors (Lipinski definition) is 0. The maximum Gasteiger partial charge on any atom is 0.306 e. The van der Waals surface area contributed by atoms with E-state index < -0.39 is 6.10 Å². The molecular formula is C67H106O6. The topological polar surface area (TPSA) is 78.9 Å². The average molecular weight is 1010 g/mol. The second-order valence-electron chi connectivity index (χ2n) is 18.8. The quantitative estimate of drug-likeness (QED) is 0.0261. The van der Waals surface area contributed by atoms with Gasteiger partial charge in [0, 0.05) is 19.3 Å². The molecule has 0 aliphatic heterocycles. The highest BCUT2D eigenvalue weighted by Crippen LogP contribution is 2.15. The van der Waals surface area contributed by atoms with Crippen LogP contribution in [0, 0.1) is 0 Å². The van der Waals surface area contributed by atoms with Crippen LogP contribution in [0.5, 0.6) is 0 Å². The van der Waals surface area contributed by atoms with E-state index in [4.69, 9.17) is 14.2 Å². The van der Waals surface area contributed by atoms with Gasteiger partial charge in [-0.15, -0.1) is 0 Å². The Morgan fingerprint density at radius 1 is 0.288 bits per heavy atom. The number of ether oxygens (including phenoxy) is 3. The number of carbonyl (C=O) groups is 3. The molecule has 0 aliphatic rings. The molecule has 0 rings (SSSR count). The summed E-state index contributed by atoms with van der Waals surface area (Å²) in [5.41, 5.74) is 0. The van der Waals surface area contributed by atoms with Gasteiger partial charge in [-0.25, -0.2) is 0 Å². The first-order valence-electron chi connectivity index (χ1n) is 29.3. The van der Waals surface area contributed by atoms with Crippen LogP contribution in [-0.2, 0) is 28.6 Å². The van der Waals surface area contributed by atoms with E-state index in [9.17, 15) is 14.4 Å². The molecule has 0 aromatic rings. The maximum atomic E-state index is 12.8.